The summed E-state index contributed by atoms with van der Waals surface area (Å²) in [5, 5.41) is 19.2. The van der Waals surface area contributed by atoms with E-state index in [4.69, 9.17) is 14.6 Å². The molecule has 6 heteroatoms. The monoisotopic (exact) mass is 378 g/mol. The fourth-order valence-corrected chi connectivity index (χ4v) is 4.49. The van der Waals surface area contributed by atoms with Gasteiger partial charge in [-0.1, -0.05) is 30.3 Å². The molecule has 0 unspecified atom stereocenters. The largest absolute Gasteiger partial charge is 0.507 e. The molecular weight excluding hydrogens is 360 g/mol. The van der Waals surface area contributed by atoms with Gasteiger partial charge in [-0.05, 0) is 29.6 Å². The molecule has 0 saturated carbocycles. The molecule has 2 atom stereocenters. The molecule has 5 nitrogen and oxygen atoms in total. The number of hydrogen-bond donors (Lipinski definition) is 1. The van der Waals surface area contributed by atoms with Gasteiger partial charge in [0.2, 0.25) is 6.23 Å². The summed E-state index contributed by atoms with van der Waals surface area (Å²) in [5.41, 5.74) is 2.68. The topological polar surface area (TPSA) is 54.3 Å². The van der Waals surface area contributed by atoms with Gasteiger partial charge in [-0.15, -0.1) is 11.3 Å². The first-order chi connectivity index (χ1) is 13.3. The lowest BCUT2D eigenvalue weighted by atomic mass is 9.96. The third-order valence-corrected chi connectivity index (χ3v) is 5.90. The van der Waals surface area contributed by atoms with Gasteiger partial charge in [0.25, 0.3) is 0 Å². The van der Waals surface area contributed by atoms with E-state index in [-0.39, 0.29) is 18.0 Å². The highest BCUT2D eigenvalue weighted by Crippen LogP contribution is 2.51. The number of para-hydroxylation sites is 2. The van der Waals surface area contributed by atoms with Crippen molar-refractivity contribution in [1.82, 2.24) is 5.01 Å². The van der Waals surface area contributed by atoms with Crippen LogP contribution in [0.3, 0.4) is 0 Å². The predicted molar refractivity (Wildman–Crippen MR) is 105 cm³/mol. The van der Waals surface area contributed by atoms with Crippen molar-refractivity contribution in [1.29, 1.82) is 0 Å². The van der Waals surface area contributed by atoms with Gasteiger partial charge in [-0.3, -0.25) is 0 Å². The molecule has 0 aliphatic carbocycles. The number of phenolic OH excluding ortho intramolecular Hbond substituents is 1. The van der Waals surface area contributed by atoms with Crippen LogP contribution in [-0.2, 0) is 0 Å². The minimum absolute atomic E-state index is 0.0329. The summed E-state index contributed by atoms with van der Waals surface area (Å²) in [6.07, 6.45) is 0.380. The molecule has 27 heavy (non-hydrogen) atoms. The molecule has 1 N–H and O–H groups in total. The number of rotatable bonds is 3. The Hall–Kier alpha value is -2.99. The molecule has 2 aromatic carbocycles. The lowest BCUT2D eigenvalue weighted by molar-refractivity contribution is -0.0184. The number of fused-ring (bicyclic) bond motifs is 3. The van der Waals surface area contributed by atoms with E-state index in [2.05, 4.69) is 12.1 Å². The van der Waals surface area contributed by atoms with Gasteiger partial charge in [0.1, 0.15) is 5.75 Å². The van der Waals surface area contributed by atoms with E-state index in [1.54, 1.807) is 24.5 Å². The Morgan fingerprint density at radius 3 is 2.81 bits per heavy atom. The second-order valence-electron chi connectivity index (χ2n) is 6.53. The summed E-state index contributed by atoms with van der Waals surface area (Å²) in [6.45, 7) is 0. The van der Waals surface area contributed by atoms with Gasteiger partial charge in [0, 0.05) is 17.5 Å². The van der Waals surface area contributed by atoms with Crippen molar-refractivity contribution < 1.29 is 14.6 Å². The number of benzene rings is 2. The third-order valence-electron chi connectivity index (χ3n) is 5.00. The molecule has 3 aromatic rings. The molecule has 0 fully saturated rings. The summed E-state index contributed by atoms with van der Waals surface area (Å²) in [4.78, 5) is 1.08. The summed E-state index contributed by atoms with van der Waals surface area (Å²) < 4.78 is 11.9. The van der Waals surface area contributed by atoms with E-state index >= 15 is 0 Å². The molecule has 0 saturated heterocycles. The maximum atomic E-state index is 10.3. The molecule has 2 aliphatic rings. The quantitative estimate of drug-likeness (QED) is 0.717. The zero-order chi connectivity index (χ0) is 18.4. The van der Waals surface area contributed by atoms with E-state index in [9.17, 15) is 5.11 Å². The van der Waals surface area contributed by atoms with Crippen LogP contribution in [0.15, 0.2) is 65.1 Å². The highest BCUT2D eigenvalue weighted by Gasteiger charge is 2.42. The number of nitrogens with zero attached hydrogens (tertiary/aromatic N) is 2. The van der Waals surface area contributed by atoms with Crippen molar-refractivity contribution in [3.8, 4) is 17.2 Å². The third kappa shape index (κ3) is 2.56. The van der Waals surface area contributed by atoms with Gasteiger partial charge < -0.3 is 14.6 Å². The van der Waals surface area contributed by atoms with E-state index in [0.29, 0.717) is 6.42 Å². The van der Waals surface area contributed by atoms with Gasteiger partial charge in [0.05, 0.1) is 23.7 Å². The van der Waals surface area contributed by atoms with E-state index < -0.39 is 0 Å². The first kappa shape index (κ1) is 16.2. The Labute approximate surface area is 161 Å². The maximum absolute atomic E-state index is 10.3. The van der Waals surface area contributed by atoms with Crippen LogP contribution >= 0.6 is 11.3 Å². The van der Waals surface area contributed by atoms with Crippen LogP contribution in [0.1, 0.15) is 34.7 Å². The van der Waals surface area contributed by atoms with Crippen molar-refractivity contribution in [2.45, 2.75) is 18.7 Å². The zero-order valence-electron chi connectivity index (χ0n) is 14.7. The number of ether oxygens (including phenoxy) is 2. The van der Waals surface area contributed by atoms with Gasteiger partial charge >= 0.3 is 0 Å². The van der Waals surface area contributed by atoms with Crippen LogP contribution in [0.4, 0.5) is 0 Å². The fourth-order valence-electron chi connectivity index (χ4n) is 3.74. The summed E-state index contributed by atoms with van der Waals surface area (Å²) in [7, 11) is 1.66. The Kier molecular flexibility index (Phi) is 3.79. The Morgan fingerprint density at radius 2 is 2.04 bits per heavy atom. The minimum atomic E-state index is -0.317. The lowest BCUT2D eigenvalue weighted by Gasteiger charge is -2.38. The average molecular weight is 378 g/mol. The standard InChI is InChI=1S/C21H18N2O3S/c1-25-18-9-4-7-14-16-12-15(13-6-2-3-8-17(13)24)22-23(16)21(26-20(14)18)19-10-5-11-27-19/h2-11,16,21,24H,12H2,1H3/t16-,21+/m1/s1. The highest BCUT2D eigenvalue weighted by atomic mass is 32.1. The predicted octanol–water partition coefficient (Wildman–Crippen LogP) is 4.70. The first-order valence-corrected chi connectivity index (χ1v) is 9.65. The van der Waals surface area contributed by atoms with Crippen LogP contribution in [0.2, 0.25) is 0 Å². The fraction of sp³-hybridized carbons (Fsp3) is 0.190. The highest BCUT2D eigenvalue weighted by molar-refractivity contribution is 7.10. The number of phenols is 1. The molecule has 0 radical (unpaired) electrons. The summed E-state index contributed by atoms with van der Waals surface area (Å²) in [5.74, 6) is 1.74. The molecular formula is C21H18N2O3S. The molecule has 136 valence electrons. The number of hydrogen-bond acceptors (Lipinski definition) is 6. The molecule has 1 aromatic heterocycles. The minimum Gasteiger partial charge on any atom is -0.507 e. The van der Waals surface area contributed by atoms with Crippen LogP contribution in [0, 0.1) is 0 Å². The van der Waals surface area contributed by atoms with Crippen LogP contribution < -0.4 is 9.47 Å². The molecule has 0 bridgehead atoms. The van der Waals surface area contributed by atoms with Crippen molar-refractivity contribution in [2.75, 3.05) is 7.11 Å². The van der Waals surface area contributed by atoms with E-state index in [1.807, 2.05) is 46.8 Å². The van der Waals surface area contributed by atoms with Crippen LogP contribution in [0.25, 0.3) is 0 Å². The molecule has 0 amide bonds. The number of methoxy groups -OCH3 is 1. The van der Waals surface area contributed by atoms with Gasteiger partial charge in [-0.2, -0.15) is 5.10 Å². The maximum Gasteiger partial charge on any atom is 0.223 e. The van der Waals surface area contributed by atoms with E-state index in [1.165, 1.54) is 0 Å². The number of thiophene rings is 1. The average Bonchev–Trinajstić information content (AvgIpc) is 3.37. The summed E-state index contributed by atoms with van der Waals surface area (Å²) in [6, 6.07) is 17.4. The normalized spacial score (nSPS) is 20.5. The number of hydrazone groups is 1. The van der Waals surface area contributed by atoms with Crippen molar-refractivity contribution in [3.63, 3.8) is 0 Å². The zero-order valence-corrected chi connectivity index (χ0v) is 15.5. The molecule has 0 spiro atoms. The van der Waals surface area contributed by atoms with Crippen LogP contribution in [0.5, 0.6) is 17.2 Å². The van der Waals surface area contributed by atoms with Crippen LogP contribution in [-0.4, -0.2) is 22.9 Å². The SMILES string of the molecule is COc1cccc2c1O[C@@H](c1cccs1)N1N=C(c3ccccc3O)C[C@H]21. The Bertz CT molecular complexity index is 1020. The molecule has 5 rings (SSSR count). The number of aromatic hydroxyl groups is 1. The van der Waals surface area contributed by atoms with Gasteiger partial charge in [-0.25, -0.2) is 5.01 Å². The summed E-state index contributed by atoms with van der Waals surface area (Å²) >= 11 is 1.64. The Morgan fingerprint density at radius 1 is 1.15 bits per heavy atom. The van der Waals surface area contributed by atoms with Crippen molar-refractivity contribution in [3.05, 3.63) is 76.0 Å². The second-order valence-corrected chi connectivity index (χ2v) is 7.51. The van der Waals surface area contributed by atoms with E-state index in [0.717, 1.165) is 33.2 Å². The Balaban J connectivity index is 1.63. The van der Waals surface area contributed by atoms with Gasteiger partial charge in [0.15, 0.2) is 11.5 Å². The van der Waals surface area contributed by atoms with Crippen molar-refractivity contribution >= 4 is 17.0 Å². The lowest BCUT2D eigenvalue weighted by Crippen LogP contribution is -2.33. The second kappa shape index (κ2) is 6.32. The smallest absolute Gasteiger partial charge is 0.223 e. The molecule has 3 heterocycles. The first-order valence-electron chi connectivity index (χ1n) is 8.77. The van der Waals surface area contributed by atoms with Crippen molar-refractivity contribution in [2.24, 2.45) is 5.10 Å². The molecule has 2 aliphatic heterocycles.